The quantitative estimate of drug-likeness (QED) is 0.601. The van der Waals surface area contributed by atoms with Crippen molar-refractivity contribution in [3.8, 4) is 6.07 Å². The maximum absolute atomic E-state index is 11.5. The summed E-state index contributed by atoms with van der Waals surface area (Å²) >= 11 is 0. The number of hydrogen-bond donors (Lipinski definition) is 0. The first-order chi connectivity index (χ1) is 5.95. The molecule has 3 heteroatoms. The van der Waals surface area contributed by atoms with Crippen LogP contribution in [0.15, 0.2) is 23.1 Å². The minimum Gasteiger partial charge on any atom is -0.310 e. The SMILES string of the molecule is CC(C)(C)n1ccc(C#N)cc1=O. The van der Waals surface area contributed by atoms with Crippen LogP contribution in [-0.2, 0) is 5.54 Å². The van der Waals surface area contributed by atoms with Crippen LogP contribution in [0, 0.1) is 11.3 Å². The Labute approximate surface area is 77.2 Å². The Hall–Kier alpha value is -1.56. The van der Waals surface area contributed by atoms with Crippen molar-refractivity contribution in [2.24, 2.45) is 0 Å². The molecule has 0 saturated carbocycles. The zero-order valence-electron chi connectivity index (χ0n) is 8.03. The summed E-state index contributed by atoms with van der Waals surface area (Å²) in [5.41, 5.74) is 0.0440. The van der Waals surface area contributed by atoms with Gasteiger partial charge in [0.2, 0.25) is 0 Å². The van der Waals surface area contributed by atoms with Crippen LogP contribution < -0.4 is 5.56 Å². The molecule has 0 atom stereocenters. The van der Waals surface area contributed by atoms with E-state index in [9.17, 15) is 4.79 Å². The van der Waals surface area contributed by atoms with Gasteiger partial charge >= 0.3 is 0 Å². The first kappa shape index (κ1) is 9.53. The summed E-state index contributed by atoms with van der Waals surface area (Å²) in [4.78, 5) is 11.5. The third-order valence-corrected chi connectivity index (χ3v) is 1.77. The lowest BCUT2D eigenvalue weighted by atomic mass is 10.1. The Kier molecular flexibility index (Phi) is 2.24. The molecule has 68 valence electrons. The highest BCUT2D eigenvalue weighted by molar-refractivity contribution is 5.25. The molecule has 0 aliphatic carbocycles. The van der Waals surface area contributed by atoms with Crippen molar-refractivity contribution in [2.75, 3.05) is 0 Å². The minimum absolute atomic E-state index is 0.133. The Morgan fingerprint density at radius 3 is 2.46 bits per heavy atom. The van der Waals surface area contributed by atoms with E-state index in [1.54, 1.807) is 16.8 Å². The summed E-state index contributed by atoms with van der Waals surface area (Å²) in [6.07, 6.45) is 1.65. The second kappa shape index (κ2) is 3.06. The molecule has 0 unspecified atom stereocenters. The molecule has 0 aliphatic rings. The summed E-state index contributed by atoms with van der Waals surface area (Å²) in [6, 6.07) is 4.93. The molecule has 1 rings (SSSR count). The summed E-state index contributed by atoms with van der Waals surface area (Å²) in [7, 11) is 0. The molecule has 0 amide bonds. The van der Waals surface area contributed by atoms with Crippen molar-refractivity contribution in [1.29, 1.82) is 5.26 Å². The fraction of sp³-hybridized carbons (Fsp3) is 0.400. The Morgan fingerprint density at radius 2 is 2.08 bits per heavy atom. The standard InChI is InChI=1S/C10H12N2O/c1-10(2,3)12-5-4-8(7-11)6-9(12)13/h4-6H,1-3H3. The van der Waals surface area contributed by atoms with Gasteiger partial charge in [0.05, 0.1) is 11.6 Å². The fourth-order valence-electron chi connectivity index (χ4n) is 1.10. The van der Waals surface area contributed by atoms with E-state index < -0.39 is 0 Å². The molecule has 13 heavy (non-hydrogen) atoms. The lowest BCUT2D eigenvalue weighted by molar-refractivity contribution is 0.384. The molecule has 0 radical (unpaired) electrons. The van der Waals surface area contributed by atoms with Crippen LogP contribution in [0.5, 0.6) is 0 Å². The van der Waals surface area contributed by atoms with Crippen LogP contribution in [0.3, 0.4) is 0 Å². The maximum atomic E-state index is 11.5. The van der Waals surface area contributed by atoms with E-state index >= 15 is 0 Å². The zero-order valence-corrected chi connectivity index (χ0v) is 8.03. The normalized spacial score (nSPS) is 10.9. The van der Waals surface area contributed by atoms with Crippen LogP contribution in [0.1, 0.15) is 26.3 Å². The van der Waals surface area contributed by atoms with E-state index in [0.717, 1.165) is 0 Å². The summed E-state index contributed by atoms with van der Waals surface area (Å²) in [5, 5.41) is 8.56. The number of hydrogen-bond acceptors (Lipinski definition) is 2. The van der Waals surface area contributed by atoms with Crippen LogP contribution >= 0.6 is 0 Å². The summed E-state index contributed by atoms with van der Waals surface area (Å²) < 4.78 is 1.60. The lowest BCUT2D eigenvalue weighted by Crippen LogP contribution is -2.32. The van der Waals surface area contributed by atoms with Crippen molar-refractivity contribution in [2.45, 2.75) is 26.3 Å². The molecule has 0 N–H and O–H groups in total. The van der Waals surface area contributed by atoms with Gasteiger partial charge in [-0.15, -0.1) is 0 Å². The highest BCUT2D eigenvalue weighted by Crippen LogP contribution is 2.09. The van der Waals surface area contributed by atoms with Gasteiger partial charge in [-0.05, 0) is 26.8 Å². The fourth-order valence-corrected chi connectivity index (χ4v) is 1.10. The number of aromatic nitrogens is 1. The smallest absolute Gasteiger partial charge is 0.252 e. The van der Waals surface area contributed by atoms with Gasteiger partial charge < -0.3 is 4.57 Å². The largest absolute Gasteiger partial charge is 0.310 e. The monoisotopic (exact) mass is 176 g/mol. The number of nitriles is 1. The molecule has 0 fully saturated rings. The van der Waals surface area contributed by atoms with Crippen molar-refractivity contribution in [1.82, 2.24) is 4.57 Å². The predicted octanol–water partition coefficient (Wildman–Crippen LogP) is 1.47. The molecule has 3 nitrogen and oxygen atoms in total. The Bertz CT molecular complexity index is 404. The van der Waals surface area contributed by atoms with Gasteiger partial charge in [-0.25, -0.2) is 0 Å². The molecule has 1 aromatic heterocycles. The third-order valence-electron chi connectivity index (χ3n) is 1.77. The van der Waals surface area contributed by atoms with Crippen molar-refractivity contribution in [3.63, 3.8) is 0 Å². The van der Waals surface area contributed by atoms with E-state index in [0.29, 0.717) is 5.56 Å². The van der Waals surface area contributed by atoms with E-state index in [1.807, 2.05) is 26.8 Å². The third kappa shape index (κ3) is 1.97. The number of nitrogens with zero attached hydrogens (tertiary/aromatic N) is 2. The second-order valence-electron chi connectivity index (χ2n) is 3.91. The molecule has 1 heterocycles. The van der Waals surface area contributed by atoms with Crippen LogP contribution in [0.25, 0.3) is 0 Å². The highest BCUT2D eigenvalue weighted by Gasteiger charge is 2.13. The Morgan fingerprint density at radius 1 is 1.46 bits per heavy atom. The number of rotatable bonds is 0. The highest BCUT2D eigenvalue weighted by atomic mass is 16.1. The molecular weight excluding hydrogens is 164 g/mol. The molecule has 1 aromatic rings. The van der Waals surface area contributed by atoms with Crippen molar-refractivity contribution >= 4 is 0 Å². The minimum atomic E-state index is -0.231. The van der Waals surface area contributed by atoms with Crippen LogP contribution in [-0.4, -0.2) is 4.57 Å². The summed E-state index contributed by atoms with van der Waals surface area (Å²) in [5.74, 6) is 0. The van der Waals surface area contributed by atoms with E-state index in [1.165, 1.54) is 6.07 Å². The maximum Gasteiger partial charge on any atom is 0.252 e. The molecular formula is C10H12N2O. The topological polar surface area (TPSA) is 45.8 Å². The molecule has 0 spiro atoms. The second-order valence-corrected chi connectivity index (χ2v) is 3.91. The van der Waals surface area contributed by atoms with E-state index in [2.05, 4.69) is 0 Å². The first-order valence-corrected chi connectivity index (χ1v) is 4.08. The number of pyridine rings is 1. The Balaban J connectivity index is 3.32. The summed E-state index contributed by atoms with van der Waals surface area (Å²) in [6.45, 7) is 5.83. The van der Waals surface area contributed by atoms with Gasteiger partial charge in [-0.3, -0.25) is 4.79 Å². The lowest BCUT2D eigenvalue weighted by Gasteiger charge is -2.21. The zero-order chi connectivity index (χ0) is 10.1. The molecule has 0 aliphatic heterocycles. The van der Waals surface area contributed by atoms with Gasteiger partial charge in [0.15, 0.2) is 0 Å². The van der Waals surface area contributed by atoms with Gasteiger partial charge in [-0.2, -0.15) is 5.26 Å². The molecule has 0 saturated heterocycles. The average molecular weight is 176 g/mol. The van der Waals surface area contributed by atoms with Crippen molar-refractivity contribution in [3.05, 3.63) is 34.2 Å². The van der Waals surface area contributed by atoms with Crippen LogP contribution in [0.2, 0.25) is 0 Å². The molecule has 0 aromatic carbocycles. The van der Waals surface area contributed by atoms with Gasteiger partial charge in [0, 0.05) is 17.8 Å². The predicted molar refractivity (Wildman–Crippen MR) is 50.4 cm³/mol. The van der Waals surface area contributed by atoms with Gasteiger partial charge in [0.1, 0.15) is 0 Å². The average Bonchev–Trinajstić information content (AvgIpc) is 2.01. The van der Waals surface area contributed by atoms with Crippen LogP contribution in [0.4, 0.5) is 0 Å². The van der Waals surface area contributed by atoms with E-state index in [-0.39, 0.29) is 11.1 Å². The van der Waals surface area contributed by atoms with Gasteiger partial charge in [0.25, 0.3) is 5.56 Å². The van der Waals surface area contributed by atoms with Crippen molar-refractivity contribution < 1.29 is 0 Å². The first-order valence-electron chi connectivity index (χ1n) is 4.08. The van der Waals surface area contributed by atoms with Gasteiger partial charge in [-0.1, -0.05) is 0 Å². The van der Waals surface area contributed by atoms with E-state index in [4.69, 9.17) is 5.26 Å². The molecule has 0 bridgehead atoms.